The number of hydrogen-bond acceptors (Lipinski definition) is 3. The smallest absolute Gasteiger partial charge is 0.303 e. The Morgan fingerprint density at radius 2 is 2.21 bits per heavy atom. The van der Waals surface area contributed by atoms with E-state index in [4.69, 9.17) is 14.6 Å². The monoisotopic (exact) mass is 262 g/mol. The maximum absolute atomic E-state index is 10.8. The van der Waals surface area contributed by atoms with Crippen molar-refractivity contribution in [1.82, 2.24) is 0 Å². The normalized spacial score (nSPS) is 25.1. The third-order valence-electron chi connectivity index (χ3n) is 4.06. The molecule has 2 heterocycles. The number of aryl methyl sites for hydroxylation is 1. The number of aliphatic carboxylic acids is 1. The number of hydrogen-bond donors (Lipinski definition) is 1. The highest BCUT2D eigenvalue weighted by molar-refractivity contribution is 5.66. The molecule has 1 fully saturated rings. The Kier molecular flexibility index (Phi) is 3.19. The maximum atomic E-state index is 10.8. The van der Waals surface area contributed by atoms with Gasteiger partial charge in [0.15, 0.2) is 0 Å². The van der Waals surface area contributed by atoms with Crippen LogP contribution in [0, 0.1) is 0 Å². The van der Waals surface area contributed by atoms with Crippen LogP contribution in [0.5, 0.6) is 5.75 Å². The van der Waals surface area contributed by atoms with Gasteiger partial charge in [-0.25, -0.2) is 0 Å². The van der Waals surface area contributed by atoms with Gasteiger partial charge in [0.25, 0.3) is 0 Å². The lowest BCUT2D eigenvalue weighted by atomic mass is 9.81. The fourth-order valence-corrected chi connectivity index (χ4v) is 2.87. The maximum Gasteiger partial charge on any atom is 0.303 e. The van der Waals surface area contributed by atoms with Crippen molar-refractivity contribution in [3.63, 3.8) is 0 Å². The highest BCUT2D eigenvalue weighted by Crippen LogP contribution is 2.43. The first-order valence-electron chi connectivity index (χ1n) is 6.82. The molecule has 2 aliphatic rings. The van der Waals surface area contributed by atoms with Gasteiger partial charge >= 0.3 is 5.97 Å². The second-order valence-electron chi connectivity index (χ2n) is 5.26. The molecule has 2 aliphatic heterocycles. The van der Waals surface area contributed by atoms with Gasteiger partial charge < -0.3 is 14.6 Å². The molecule has 3 rings (SSSR count). The topological polar surface area (TPSA) is 55.8 Å². The van der Waals surface area contributed by atoms with Gasteiger partial charge in [0.05, 0.1) is 18.8 Å². The summed E-state index contributed by atoms with van der Waals surface area (Å²) in [7, 11) is 0. The molecule has 0 saturated carbocycles. The number of carboxylic acid groups (broad SMARTS) is 1. The van der Waals surface area contributed by atoms with E-state index in [9.17, 15) is 4.79 Å². The summed E-state index contributed by atoms with van der Waals surface area (Å²) in [6, 6.07) is 6.15. The highest BCUT2D eigenvalue weighted by Gasteiger charge is 2.40. The van der Waals surface area contributed by atoms with Crippen LogP contribution in [-0.2, 0) is 21.6 Å². The van der Waals surface area contributed by atoms with Crippen LogP contribution in [0.15, 0.2) is 18.2 Å². The third kappa shape index (κ3) is 2.32. The second kappa shape index (κ2) is 4.85. The molecular formula is C15H18O4. The Morgan fingerprint density at radius 3 is 2.89 bits per heavy atom. The van der Waals surface area contributed by atoms with E-state index in [0.717, 1.165) is 37.2 Å². The molecule has 0 aromatic heterocycles. The third-order valence-corrected chi connectivity index (χ3v) is 4.06. The van der Waals surface area contributed by atoms with E-state index in [2.05, 4.69) is 6.07 Å². The Morgan fingerprint density at radius 1 is 1.37 bits per heavy atom. The SMILES string of the molecule is O=C(O)CCC1(c2ccc3c(c2)CCCO3)CCO1. The van der Waals surface area contributed by atoms with Crippen LogP contribution in [-0.4, -0.2) is 24.3 Å². The first-order valence-corrected chi connectivity index (χ1v) is 6.82. The fourth-order valence-electron chi connectivity index (χ4n) is 2.87. The summed E-state index contributed by atoms with van der Waals surface area (Å²) in [4.78, 5) is 10.8. The lowest BCUT2D eigenvalue weighted by Gasteiger charge is -2.42. The van der Waals surface area contributed by atoms with Gasteiger partial charge in [-0.15, -0.1) is 0 Å². The van der Waals surface area contributed by atoms with Crippen LogP contribution < -0.4 is 4.74 Å². The van der Waals surface area contributed by atoms with Gasteiger partial charge in [0, 0.05) is 12.8 Å². The number of rotatable bonds is 4. The molecule has 0 radical (unpaired) electrons. The molecule has 1 atom stereocenters. The summed E-state index contributed by atoms with van der Waals surface area (Å²) in [5.41, 5.74) is 1.93. The average molecular weight is 262 g/mol. The van der Waals surface area contributed by atoms with E-state index in [-0.39, 0.29) is 12.0 Å². The van der Waals surface area contributed by atoms with Crippen molar-refractivity contribution in [3.8, 4) is 5.75 Å². The largest absolute Gasteiger partial charge is 0.493 e. The number of carboxylic acids is 1. The zero-order chi connectivity index (χ0) is 13.3. The van der Waals surface area contributed by atoms with E-state index >= 15 is 0 Å². The minimum absolute atomic E-state index is 0.146. The predicted molar refractivity (Wildman–Crippen MR) is 69.4 cm³/mol. The molecule has 1 saturated heterocycles. The Bertz CT molecular complexity index is 491. The zero-order valence-electron chi connectivity index (χ0n) is 10.9. The summed E-state index contributed by atoms with van der Waals surface area (Å²) < 4.78 is 11.3. The number of carbonyl (C=O) groups is 1. The van der Waals surface area contributed by atoms with Gasteiger partial charge in [-0.2, -0.15) is 0 Å². The van der Waals surface area contributed by atoms with Crippen molar-refractivity contribution >= 4 is 5.97 Å². The molecule has 4 nitrogen and oxygen atoms in total. The lowest BCUT2D eigenvalue weighted by molar-refractivity contribution is -0.165. The Labute approximate surface area is 112 Å². The van der Waals surface area contributed by atoms with Crippen molar-refractivity contribution in [2.45, 2.75) is 37.7 Å². The molecule has 1 unspecified atom stereocenters. The first-order chi connectivity index (χ1) is 9.20. The molecule has 1 aromatic rings. The quantitative estimate of drug-likeness (QED) is 0.905. The molecular weight excluding hydrogens is 244 g/mol. The minimum Gasteiger partial charge on any atom is -0.493 e. The summed E-state index contributed by atoms with van der Waals surface area (Å²) in [5.74, 6) is 0.193. The summed E-state index contributed by atoms with van der Waals surface area (Å²) >= 11 is 0. The highest BCUT2D eigenvalue weighted by atomic mass is 16.5. The summed E-state index contributed by atoms with van der Waals surface area (Å²) in [6.07, 6.45) is 3.66. The van der Waals surface area contributed by atoms with Crippen LogP contribution in [0.4, 0.5) is 0 Å². The van der Waals surface area contributed by atoms with E-state index in [1.54, 1.807) is 0 Å². The summed E-state index contributed by atoms with van der Waals surface area (Å²) in [5, 5.41) is 8.86. The van der Waals surface area contributed by atoms with Crippen molar-refractivity contribution in [3.05, 3.63) is 29.3 Å². The fraction of sp³-hybridized carbons (Fsp3) is 0.533. The number of benzene rings is 1. The molecule has 0 aliphatic carbocycles. The van der Waals surface area contributed by atoms with Crippen LogP contribution in [0.2, 0.25) is 0 Å². The molecule has 0 amide bonds. The lowest BCUT2D eigenvalue weighted by Crippen LogP contribution is -2.41. The van der Waals surface area contributed by atoms with Gasteiger partial charge in [-0.05, 0) is 42.5 Å². The van der Waals surface area contributed by atoms with E-state index in [1.807, 2.05) is 12.1 Å². The van der Waals surface area contributed by atoms with Crippen molar-refractivity contribution in [2.24, 2.45) is 0 Å². The molecule has 1 aromatic carbocycles. The Hall–Kier alpha value is -1.55. The Balaban J connectivity index is 1.85. The average Bonchev–Trinajstić information content (AvgIpc) is 2.37. The minimum atomic E-state index is -0.767. The van der Waals surface area contributed by atoms with Crippen LogP contribution in [0.3, 0.4) is 0 Å². The molecule has 19 heavy (non-hydrogen) atoms. The van der Waals surface area contributed by atoms with Crippen molar-refractivity contribution < 1.29 is 19.4 Å². The van der Waals surface area contributed by atoms with E-state index in [1.165, 1.54) is 5.56 Å². The molecule has 0 bridgehead atoms. The van der Waals surface area contributed by atoms with Crippen LogP contribution in [0.25, 0.3) is 0 Å². The predicted octanol–water partition coefficient (Wildman–Crippen LogP) is 2.49. The van der Waals surface area contributed by atoms with Gasteiger partial charge in [0.1, 0.15) is 5.75 Å². The molecule has 0 spiro atoms. The number of ether oxygens (including phenoxy) is 2. The second-order valence-corrected chi connectivity index (χ2v) is 5.26. The van der Waals surface area contributed by atoms with Crippen molar-refractivity contribution in [1.29, 1.82) is 0 Å². The van der Waals surface area contributed by atoms with Gasteiger partial charge in [0.2, 0.25) is 0 Å². The van der Waals surface area contributed by atoms with Crippen LogP contribution in [0.1, 0.15) is 36.8 Å². The zero-order valence-corrected chi connectivity index (χ0v) is 10.9. The molecule has 102 valence electrons. The van der Waals surface area contributed by atoms with Crippen LogP contribution >= 0.6 is 0 Å². The van der Waals surface area contributed by atoms with Gasteiger partial charge in [-0.3, -0.25) is 4.79 Å². The van der Waals surface area contributed by atoms with E-state index in [0.29, 0.717) is 13.0 Å². The first kappa shape index (κ1) is 12.5. The van der Waals surface area contributed by atoms with Gasteiger partial charge in [-0.1, -0.05) is 6.07 Å². The standard InChI is InChI=1S/C15H18O4/c16-14(17)5-6-15(7-9-19-15)12-3-4-13-11(10-12)2-1-8-18-13/h3-4,10H,1-2,5-9H2,(H,16,17). The molecule has 1 N–H and O–H groups in total. The van der Waals surface area contributed by atoms with Crippen molar-refractivity contribution in [2.75, 3.05) is 13.2 Å². The van der Waals surface area contributed by atoms with E-state index < -0.39 is 5.97 Å². The number of fused-ring (bicyclic) bond motifs is 1. The molecule has 4 heteroatoms. The summed E-state index contributed by atoms with van der Waals surface area (Å²) in [6.45, 7) is 1.50.